The van der Waals surface area contributed by atoms with E-state index in [1.807, 2.05) is 42.5 Å². The third-order valence-electron chi connectivity index (χ3n) is 3.89. The van der Waals surface area contributed by atoms with E-state index in [0.717, 1.165) is 43.0 Å². The molecule has 4 nitrogen and oxygen atoms in total. The molecule has 6 heteroatoms. The summed E-state index contributed by atoms with van der Waals surface area (Å²) in [6.07, 6.45) is 1.10. The minimum atomic E-state index is -0.0831. The molecule has 0 heterocycles. The van der Waals surface area contributed by atoms with Crippen LogP contribution in [-0.4, -0.2) is 26.0 Å². The van der Waals surface area contributed by atoms with Crippen LogP contribution >= 0.6 is 24.8 Å². The molecule has 0 bridgehead atoms. The van der Waals surface area contributed by atoms with Gasteiger partial charge in [0.15, 0.2) is 0 Å². The van der Waals surface area contributed by atoms with Crippen molar-refractivity contribution in [2.24, 2.45) is 0 Å². The van der Waals surface area contributed by atoms with Crippen molar-refractivity contribution in [3.05, 3.63) is 59.7 Å². The van der Waals surface area contributed by atoms with E-state index in [9.17, 15) is 4.79 Å². The van der Waals surface area contributed by atoms with Gasteiger partial charge in [0, 0.05) is 37.1 Å². The largest absolute Gasteiger partial charge is 0.375 e. The van der Waals surface area contributed by atoms with Gasteiger partial charge in [-0.15, -0.1) is 24.8 Å². The zero-order chi connectivity index (χ0) is 17.4. The van der Waals surface area contributed by atoms with Gasteiger partial charge in [-0.3, -0.25) is 4.79 Å². The molecule has 0 fully saturated rings. The van der Waals surface area contributed by atoms with Gasteiger partial charge >= 0.3 is 0 Å². The number of rotatable bonds is 8. The monoisotopic (exact) mass is 397 g/mol. The second kappa shape index (κ2) is 12.6. The molecule has 26 heavy (non-hydrogen) atoms. The van der Waals surface area contributed by atoms with Gasteiger partial charge in [-0.05, 0) is 54.9 Å². The molecule has 0 radical (unpaired) electrons. The van der Waals surface area contributed by atoms with Crippen LogP contribution in [0.3, 0.4) is 0 Å². The number of hydrogen-bond acceptors (Lipinski definition) is 3. The molecule has 0 unspecified atom stereocenters. The van der Waals surface area contributed by atoms with Gasteiger partial charge in [-0.2, -0.15) is 0 Å². The number of halogens is 2. The summed E-state index contributed by atoms with van der Waals surface area (Å²) in [4.78, 5) is 14.6. The smallest absolute Gasteiger partial charge is 0.255 e. The quantitative estimate of drug-likeness (QED) is 0.675. The Balaban J connectivity index is 0.00000312. The number of carbonyl (C=O) groups excluding carboxylic acids is 1. The number of amides is 1. The number of nitrogens with zero attached hydrogens (tertiary/aromatic N) is 1. The van der Waals surface area contributed by atoms with Crippen LogP contribution < -0.4 is 15.5 Å². The second-order valence-electron chi connectivity index (χ2n) is 5.90. The number of nitrogens with one attached hydrogen (secondary N) is 2. The van der Waals surface area contributed by atoms with Gasteiger partial charge in [-0.1, -0.05) is 26.0 Å². The molecule has 0 saturated heterocycles. The molecule has 2 N–H and O–H groups in total. The summed E-state index contributed by atoms with van der Waals surface area (Å²) in [5.41, 5.74) is 3.77. The van der Waals surface area contributed by atoms with Gasteiger partial charge in [0.1, 0.15) is 0 Å². The van der Waals surface area contributed by atoms with E-state index in [1.54, 1.807) is 0 Å². The zero-order valence-corrected chi connectivity index (χ0v) is 17.3. The summed E-state index contributed by atoms with van der Waals surface area (Å²) >= 11 is 0. The van der Waals surface area contributed by atoms with E-state index in [-0.39, 0.29) is 30.7 Å². The van der Waals surface area contributed by atoms with Gasteiger partial charge < -0.3 is 15.5 Å². The first-order chi connectivity index (χ1) is 11.6. The summed E-state index contributed by atoms with van der Waals surface area (Å²) in [5, 5.41) is 6.26. The molecule has 0 aliphatic carbocycles. The lowest BCUT2D eigenvalue weighted by molar-refractivity contribution is 0.102. The third-order valence-corrected chi connectivity index (χ3v) is 3.89. The van der Waals surface area contributed by atoms with Crippen LogP contribution in [0.4, 0.5) is 11.4 Å². The lowest BCUT2D eigenvalue weighted by Gasteiger charge is -2.18. The van der Waals surface area contributed by atoms with Gasteiger partial charge in [-0.25, -0.2) is 0 Å². The van der Waals surface area contributed by atoms with E-state index in [4.69, 9.17) is 0 Å². The number of carbonyl (C=O) groups is 1. The minimum Gasteiger partial charge on any atom is -0.375 e. The average Bonchev–Trinajstić information content (AvgIpc) is 2.60. The Morgan fingerprint density at radius 2 is 1.73 bits per heavy atom. The maximum atomic E-state index is 12.4. The van der Waals surface area contributed by atoms with Crippen LogP contribution in [0.25, 0.3) is 0 Å². The first kappa shape index (κ1) is 24.2. The van der Waals surface area contributed by atoms with Crippen molar-refractivity contribution >= 4 is 42.1 Å². The van der Waals surface area contributed by atoms with Gasteiger partial charge in [0.2, 0.25) is 0 Å². The highest BCUT2D eigenvalue weighted by molar-refractivity contribution is 6.04. The standard InChI is InChI=1S/C20H27N3O.2ClH/c1-4-13-23(3)19-11-9-17(10-12-19)20(24)22-18-8-6-7-16(14-18)15-21-5-2;;/h6-12,14,21H,4-5,13,15H2,1-3H3,(H,22,24);2*1H. The van der Waals surface area contributed by atoms with Crippen LogP contribution in [0.1, 0.15) is 36.2 Å². The molecule has 2 rings (SSSR count). The Bertz CT molecular complexity index is 662. The molecule has 2 aromatic carbocycles. The van der Waals surface area contributed by atoms with Crippen molar-refractivity contribution in [3.8, 4) is 0 Å². The van der Waals surface area contributed by atoms with Crippen LogP contribution in [0.5, 0.6) is 0 Å². The van der Waals surface area contributed by atoms with E-state index in [0.29, 0.717) is 5.56 Å². The van der Waals surface area contributed by atoms with E-state index in [2.05, 4.69) is 42.5 Å². The van der Waals surface area contributed by atoms with Crippen molar-refractivity contribution < 1.29 is 4.79 Å². The van der Waals surface area contributed by atoms with E-state index in [1.165, 1.54) is 0 Å². The van der Waals surface area contributed by atoms with E-state index < -0.39 is 0 Å². The molecular weight excluding hydrogens is 369 g/mol. The predicted molar refractivity (Wildman–Crippen MR) is 116 cm³/mol. The SMILES string of the molecule is CCCN(C)c1ccc(C(=O)Nc2cccc(CNCC)c2)cc1.Cl.Cl. The van der Waals surface area contributed by atoms with Crippen LogP contribution in [0.2, 0.25) is 0 Å². The fraction of sp³-hybridized carbons (Fsp3) is 0.350. The molecule has 0 aromatic heterocycles. The third kappa shape index (κ3) is 7.24. The highest BCUT2D eigenvalue weighted by Gasteiger charge is 2.07. The highest BCUT2D eigenvalue weighted by Crippen LogP contribution is 2.16. The van der Waals surface area contributed by atoms with Crippen LogP contribution in [0.15, 0.2) is 48.5 Å². The van der Waals surface area contributed by atoms with Gasteiger partial charge in [0.05, 0.1) is 0 Å². The highest BCUT2D eigenvalue weighted by atomic mass is 35.5. The number of benzene rings is 2. The van der Waals surface area contributed by atoms with Crippen LogP contribution in [-0.2, 0) is 6.54 Å². The molecule has 0 saturated carbocycles. The maximum absolute atomic E-state index is 12.4. The lowest BCUT2D eigenvalue weighted by atomic mass is 10.1. The summed E-state index contributed by atoms with van der Waals surface area (Å²) < 4.78 is 0. The fourth-order valence-electron chi connectivity index (χ4n) is 2.56. The summed E-state index contributed by atoms with van der Waals surface area (Å²) in [6.45, 7) is 6.97. The van der Waals surface area contributed by atoms with E-state index >= 15 is 0 Å². The first-order valence-corrected chi connectivity index (χ1v) is 8.56. The molecule has 0 spiro atoms. The van der Waals surface area contributed by atoms with Crippen molar-refractivity contribution in [2.75, 3.05) is 30.4 Å². The Morgan fingerprint density at radius 3 is 2.35 bits per heavy atom. The molecule has 0 aliphatic heterocycles. The predicted octanol–water partition coefficient (Wildman–Crippen LogP) is 4.74. The van der Waals surface area contributed by atoms with Crippen LogP contribution in [0, 0.1) is 0 Å². The molecular formula is C20H29Cl2N3O. The Labute approximate surface area is 169 Å². The topological polar surface area (TPSA) is 44.4 Å². The fourth-order valence-corrected chi connectivity index (χ4v) is 2.56. The summed E-state index contributed by atoms with van der Waals surface area (Å²) in [5.74, 6) is -0.0831. The Morgan fingerprint density at radius 1 is 1.04 bits per heavy atom. The second-order valence-corrected chi connectivity index (χ2v) is 5.90. The Hall–Kier alpha value is -1.75. The molecule has 2 aromatic rings. The van der Waals surface area contributed by atoms with Crippen molar-refractivity contribution in [1.29, 1.82) is 0 Å². The average molecular weight is 398 g/mol. The first-order valence-electron chi connectivity index (χ1n) is 8.56. The summed E-state index contributed by atoms with van der Waals surface area (Å²) in [6, 6.07) is 15.7. The number of hydrogen-bond donors (Lipinski definition) is 2. The van der Waals surface area contributed by atoms with Gasteiger partial charge in [0.25, 0.3) is 5.91 Å². The summed E-state index contributed by atoms with van der Waals surface area (Å²) in [7, 11) is 2.06. The maximum Gasteiger partial charge on any atom is 0.255 e. The normalized spacial score (nSPS) is 9.65. The minimum absolute atomic E-state index is 0. The zero-order valence-electron chi connectivity index (χ0n) is 15.6. The lowest BCUT2D eigenvalue weighted by Crippen LogP contribution is -2.18. The number of anilines is 2. The molecule has 144 valence electrons. The molecule has 1 amide bonds. The van der Waals surface area contributed by atoms with Crippen molar-refractivity contribution in [2.45, 2.75) is 26.8 Å². The van der Waals surface area contributed by atoms with Crippen molar-refractivity contribution in [3.63, 3.8) is 0 Å². The Kier molecular flexibility index (Phi) is 11.7. The molecule has 0 atom stereocenters. The molecule has 0 aliphatic rings. The van der Waals surface area contributed by atoms with Crippen molar-refractivity contribution in [1.82, 2.24) is 5.32 Å².